The molecule has 0 spiro atoms. The zero-order chi connectivity index (χ0) is 57.8. The molecule has 0 aromatic heterocycles. The zero-order valence-corrected chi connectivity index (χ0v) is 53.6. The summed E-state index contributed by atoms with van der Waals surface area (Å²) in [6.07, 6.45) is 88.6. The van der Waals surface area contributed by atoms with Gasteiger partial charge in [-0.25, -0.2) is 0 Å². The fraction of sp³-hybridized carbons (Fsp3) is 0.824. The van der Waals surface area contributed by atoms with E-state index in [2.05, 4.69) is 81.5 Å². The van der Waals surface area contributed by atoms with Crippen molar-refractivity contribution < 1.29 is 28.6 Å². The Kier molecular flexibility index (Phi) is 66.1. The molecule has 0 amide bonds. The first-order valence-electron chi connectivity index (χ1n) is 35.3. The van der Waals surface area contributed by atoms with Crippen LogP contribution >= 0.6 is 0 Å². The summed E-state index contributed by atoms with van der Waals surface area (Å²) < 4.78 is 16.9. The van der Waals surface area contributed by atoms with Crippen LogP contribution in [0.15, 0.2) is 60.8 Å². The second-order valence-corrected chi connectivity index (χ2v) is 23.8. The Morgan fingerprint density at radius 3 is 0.762 bits per heavy atom. The molecular formula is C74H134O6. The lowest BCUT2D eigenvalue weighted by Gasteiger charge is -2.18. The van der Waals surface area contributed by atoms with Crippen LogP contribution in [0.1, 0.15) is 374 Å². The first-order chi connectivity index (χ1) is 39.5. The minimum absolute atomic E-state index is 0.0692. The van der Waals surface area contributed by atoms with E-state index >= 15 is 0 Å². The van der Waals surface area contributed by atoms with Gasteiger partial charge < -0.3 is 14.2 Å². The Hall–Kier alpha value is -2.89. The molecule has 0 fully saturated rings. The third kappa shape index (κ3) is 65.9. The maximum Gasteiger partial charge on any atom is 0.306 e. The summed E-state index contributed by atoms with van der Waals surface area (Å²) in [5, 5.41) is 0. The normalized spacial score (nSPS) is 12.4. The molecule has 0 radical (unpaired) electrons. The highest BCUT2D eigenvalue weighted by molar-refractivity contribution is 5.71. The van der Waals surface area contributed by atoms with Crippen LogP contribution in [-0.4, -0.2) is 37.2 Å². The minimum Gasteiger partial charge on any atom is -0.462 e. The van der Waals surface area contributed by atoms with Crippen LogP contribution in [0.3, 0.4) is 0 Å². The Morgan fingerprint density at radius 1 is 0.263 bits per heavy atom. The van der Waals surface area contributed by atoms with Gasteiger partial charge in [0.25, 0.3) is 0 Å². The monoisotopic (exact) mass is 1120 g/mol. The van der Waals surface area contributed by atoms with Gasteiger partial charge in [-0.3, -0.25) is 14.4 Å². The fourth-order valence-corrected chi connectivity index (χ4v) is 10.5. The molecule has 0 heterocycles. The number of esters is 3. The van der Waals surface area contributed by atoms with Crippen molar-refractivity contribution in [2.75, 3.05) is 13.2 Å². The van der Waals surface area contributed by atoms with E-state index < -0.39 is 6.10 Å². The van der Waals surface area contributed by atoms with E-state index in [0.717, 1.165) is 89.9 Å². The second-order valence-electron chi connectivity index (χ2n) is 23.8. The lowest BCUT2D eigenvalue weighted by molar-refractivity contribution is -0.167. The molecule has 0 aliphatic heterocycles. The van der Waals surface area contributed by atoms with E-state index in [4.69, 9.17) is 14.2 Å². The van der Waals surface area contributed by atoms with Crippen molar-refractivity contribution in [2.45, 2.75) is 380 Å². The highest BCUT2D eigenvalue weighted by Crippen LogP contribution is 2.18. The van der Waals surface area contributed by atoms with Crippen molar-refractivity contribution in [3.05, 3.63) is 60.8 Å². The number of hydrogen-bond acceptors (Lipinski definition) is 6. The average molecular weight is 1120 g/mol. The summed E-state index contributed by atoms with van der Waals surface area (Å²) >= 11 is 0. The number of ether oxygens (including phenoxy) is 3. The average Bonchev–Trinajstić information content (AvgIpc) is 3.46. The van der Waals surface area contributed by atoms with Gasteiger partial charge in [0.05, 0.1) is 0 Å². The van der Waals surface area contributed by atoms with Crippen molar-refractivity contribution in [3.8, 4) is 0 Å². The van der Waals surface area contributed by atoms with Crippen molar-refractivity contribution in [1.82, 2.24) is 0 Å². The van der Waals surface area contributed by atoms with Crippen LogP contribution in [0.5, 0.6) is 0 Å². The molecule has 1 unspecified atom stereocenters. The van der Waals surface area contributed by atoms with Crippen molar-refractivity contribution >= 4 is 17.9 Å². The van der Waals surface area contributed by atoms with Crippen molar-refractivity contribution in [2.24, 2.45) is 0 Å². The largest absolute Gasteiger partial charge is 0.462 e. The molecule has 466 valence electrons. The number of allylic oxidation sites excluding steroid dienone is 10. The first-order valence-corrected chi connectivity index (χ1v) is 35.3. The van der Waals surface area contributed by atoms with Gasteiger partial charge in [0.2, 0.25) is 0 Å². The molecule has 0 aromatic carbocycles. The Labute approximate surface area is 498 Å². The fourth-order valence-electron chi connectivity index (χ4n) is 10.5. The predicted molar refractivity (Wildman–Crippen MR) is 348 cm³/mol. The number of unbranched alkanes of at least 4 members (excludes halogenated alkanes) is 44. The van der Waals surface area contributed by atoms with Crippen LogP contribution in [0.25, 0.3) is 0 Å². The van der Waals surface area contributed by atoms with Crippen LogP contribution in [-0.2, 0) is 28.6 Å². The molecule has 6 heteroatoms. The predicted octanol–water partition coefficient (Wildman–Crippen LogP) is 24.3. The number of carbonyl (C=O) groups excluding carboxylic acids is 3. The van der Waals surface area contributed by atoms with Gasteiger partial charge >= 0.3 is 17.9 Å². The van der Waals surface area contributed by atoms with E-state index in [1.807, 2.05) is 0 Å². The summed E-state index contributed by atoms with van der Waals surface area (Å²) in [5.74, 6) is -0.854. The van der Waals surface area contributed by atoms with Crippen LogP contribution in [0, 0.1) is 0 Å². The molecule has 0 saturated heterocycles. The molecule has 0 aromatic rings. The van der Waals surface area contributed by atoms with Gasteiger partial charge in [0, 0.05) is 19.3 Å². The van der Waals surface area contributed by atoms with E-state index in [0.29, 0.717) is 19.3 Å². The molecule has 0 aliphatic rings. The number of carbonyl (C=O) groups is 3. The topological polar surface area (TPSA) is 78.9 Å². The maximum atomic E-state index is 12.9. The van der Waals surface area contributed by atoms with E-state index in [-0.39, 0.29) is 31.1 Å². The molecule has 0 rings (SSSR count). The first kappa shape index (κ1) is 77.1. The van der Waals surface area contributed by atoms with Crippen LogP contribution in [0.2, 0.25) is 0 Å². The molecule has 0 N–H and O–H groups in total. The van der Waals surface area contributed by atoms with Gasteiger partial charge in [-0.2, -0.15) is 0 Å². The van der Waals surface area contributed by atoms with E-state index in [1.54, 1.807) is 0 Å². The zero-order valence-electron chi connectivity index (χ0n) is 53.6. The van der Waals surface area contributed by atoms with E-state index in [1.165, 1.54) is 244 Å². The molecule has 0 bridgehead atoms. The summed E-state index contributed by atoms with van der Waals surface area (Å²) in [5.41, 5.74) is 0. The highest BCUT2D eigenvalue weighted by atomic mass is 16.6. The van der Waals surface area contributed by atoms with Gasteiger partial charge in [0.1, 0.15) is 13.2 Å². The summed E-state index contributed by atoms with van der Waals surface area (Å²) in [6.45, 7) is 6.55. The van der Waals surface area contributed by atoms with Crippen LogP contribution in [0.4, 0.5) is 0 Å². The van der Waals surface area contributed by atoms with Gasteiger partial charge in [0.15, 0.2) is 6.10 Å². The summed E-state index contributed by atoms with van der Waals surface area (Å²) in [7, 11) is 0. The second kappa shape index (κ2) is 68.6. The molecule has 80 heavy (non-hydrogen) atoms. The smallest absolute Gasteiger partial charge is 0.306 e. The number of rotatable bonds is 65. The number of hydrogen-bond donors (Lipinski definition) is 0. The third-order valence-corrected chi connectivity index (χ3v) is 15.8. The summed E-state index contributed by atoms with van der Waals surface area (Å²) in [6, 6.07) is 0. The van der Waals surface area contributed by atoms with Gasteiger partial charge in [-0.1, -0.05) is 351 Å². The van der Waals surface area contributed by atoms with Gasteiger partial charge in [-0.15, -0.1) is 0 Å². The SMILES string of the molecule is CC/C=C\C/C=C\C/C=C\C/C=C\C/C=C\CCCCCCCCCCCCCCCC(=O)OCC(COC(=O)CCCCCCCCC)OC(=O)CCCCCCCCCCCCCCCCCCCCCCCCCCCC. The molecule has 0 aliphatic carbocycles. The Bertz CT molecular complexity index is 1430. The van der Waals surface area contributed by atoms with Gasteiger partial charge in [-0.05, 0) is 64.2 Å². The third-order valence-electron chi connectivity index (χ3n) is 15.8. The summed E-state index contributed by atoms with van der Waals surface area (Å²) in [4.78, 5) is 38.2. The lowest BCUT2D eigenvalue weighted by Crippen LogP contribution is -2.30. The maximum absolute atomic E-state index is 12.9. The Balaban J connectivity index is 4.04. The highest BCUT2D eigenvalue weighted by Gasteiger charge is 2.19. The molecular weight excluding hydrogens is 985 g/mol. The molecule has 6 nitrogen and oxygen atoms in total. The van der Waals surface area contributed by atoms with Crippen LogP contribution < -0.4 is 0 Å². The molecule has 0 saturated carbocycles. The van der Waals surface area contributed by atoms with E-state index in [9.17, 15) is 14.4 Å². The van der Waals surface area contributed by atoms with Crippen molar-refractivity contribution in [1.29, 1.82) is 0 Å². The lowest BCUT2D eigenvalue weighted by atomic mass is 10.0. The minimum atomic E-state index is -0.770. The quantitative estimate of drug-likeness (QED) is 0.0261. The Morgan fingerprint density at radius 2 is 0.487 bits per heavy atom. The van der Waals surface area contributed by atoms with Crippen molar-refractivity contribution in [3.63, 3.8) is 0 Å². The molecule has 1 atom stereocenters. The standard InChI is InChI=1S/C74H134O6/c1-4-7-10-13-16-18-20-22-24-26-28-30-32-34-36-37-38-40-41-43-45-47-49-51-53-55-58-61-64-67-73(76)79-70-71(69-78-72(75)66-63-60-57-15-12-9-6-3)80-74(77)68-65-62-59-56-54-52-50-48-46-44-42-39-35-33-31-29-27-25-23-21-19-17-14-11-8-5-2/h7,10,16,18,22,24,28,30,34,36,71H,4-6,8-9,11-15,17,19-21,23,25-27,29,31-33,35,37-70H2,1-3H3/b10-7-,18-16-,24-22-,30-28-,36-34-.